The summed E-state index contributed by atoms with van der Waals surface area (Å²) in [6.07, 6.45) is 0. The van der Waals surface area contributed by atoms with E-state index in [2.05, 4.69) is 5.32 Å². The fourth-order valence-corrected chi connectivity index (χ4v) is 2.63. The van der Waals surface area contributed by atoms with Crippen molar-refractivity contribution in [1.82, 2.24) is 5.32 Å². The van der Waals surface area contributed by atoms with Gasteiger partial charge < -0.3 is 13.9 Å². The molecular formula is C21H19NO6. The van der Waals surface area contributed by atoms with Gasteiger partial charge in [-0.2, -0.15) is 0 Å². The zero-order chi connectivity index (χ0) is 19.9. The monoisotopic (exact) mass is 381 g/mol. The normalized spacial score (nSPS) is 10.6. The van der Waals surface area contributed by atoms with Gasteiger partial charge in [0.2, 0.25) is 5.76 Å². The Morgan fingerprint density at radius 2 is 1.71 bits per heavy atom. The summed E-state index contributed by atoms with van der Waals surface area (Å²) in [6.45, 7) is 1.88. The molecule has 2 amide bonds. The van der Waals surface area contributed by atoms with E-state index in [0.29, 0.717) is 23.3 Å². The predicted molar refractivity (Wildman–Crippen MR) is 101 cm³/mol. The molecule has 0 saturated heterocycles. The summed E-state index contributed by atoms with van der Waals surface area (Å²) in [5.41, 5.74) is 1.41. The number of carbonyl (C=O) groups excluding carboxylic acids is 3. The Morgan fingerprint density at radius 1 is 1.00 bits per heavy atom. The van der Waals surface area contributed by atoms with Crippen molar-refractivity contribution in [3.63, 3.8) is 0 Å². The maximum Gasteiger partial charge on any atom is 0.375 e. The summed E-state index contributed by atoms with van der Waals surface area (Å²) in [5, 5.41) is 2.91. The van der Waals surface area contributed by atoms with Crippen LogP contribution >= 0.6 is 0 Å². The molecule has 1 aromatic heterocycles. The van der Waals surface area contributed by atoms with E-state index in [1.807, 2.05) is 19.1 Å². The van der Waals surface area contributed by atoms with E-state index < -0.39 is 24.4 Å². The zero-order valence-electron chi connectivity index (χ0n) is 15.3. The first-order valence-corrected chi connectivity index (χ1v) is 8.74. The molecule has 0 fully saturated rings. The number of hydrogen-bond donors (Lipinski definition) is 1. The number of furan rings is 1. The van der Waals surface area contributed by atoms with Crippen molar-refractivity contribution in [2.24, 2.45) is 0 Å². The predicted octanol–water partition coefficient (Wildman–Crippen LogP) is 3.08. The number of nitrogens with one attached hydrogen (secondary N) is 1. The van der Waals surface area contributed by atoms with Crippen molar-refractivity contribution in [3.05, 3.63) is 71.5 Å². The van der Waals surface area contributed by atoms with Crippen LogP contribution in [0.5, 0.6) is 0 Å². The second-order valence-corrected chi connectivity index (χ2v) is 5.86. The van der Waals surface area contributed by atoms with Gasteiger partial charge in [-0.05, 0) is 25.1 Å². The minimum Gasteiger partial charge on any atom is -0.450 e. The van der Waals surface area contributed by atoms with Crippen LogP contribution in [0.25, 0.3) is 11.0 Å². The van der Waals surface area contributed by atoms with Crippen LogP contribution in [0, 0.1) is 0 Å². The number of benzene rings is 2. The number of imide groups is 1. The third-order valence-electron chi connectivity index (χ3n) is 3.96. The molecule has 0 spiro atoms. The molecule has 0 unspecified atom stereocenters. The van der Waals surface area contributed by atoms with E-state index in [0.717, 1.165) is 5.39 Å². The third kappa shape index (κ3) is 4.44. The second kappa shape index (κ2) is 8.96. The van der Waals surface area contributed by atoms with E-state index in [4.69, 9.17) is 13.9 Å². The van der Waals surface area contributed by atoms with Gasteiger partial charge in [-0.25, -0.2) is 4.79 Å². The molecule has 2 aromatic carbocycles. The van der Waals surface area contributed by atoms with Crippen molar-refractivity contribution in [2.45, 2.75) is 13.5 Å². The average molecular weight is 381 g/mol. The number of carbonyl (C=O) groups is 3. The van der Waals surface area contributed by atoms with Crippen molar-refractivity contribution >= 4 is 28.8 Å². The number of amides is 2. The Balaban J connectivity index is 1.66. The maximum absolute atomic E-state index is 12.4. The van der Waals surface area contributed by atoms with Crippen LogP contribution < -0.4 is 5.32 Å². The number of fused-ring (bicyclic) bond motifs is 1. The van der Waals surface area contributed by atoms with Gasteiger partial charge in [-0.1, -0.05) is 36.4 Å². The molecule has 0 aliphatic heterocycles. The van der Waals surface area contributed by atoms with Crippen LogP contribution in [0.3, 0.4) is 0 Å². The highest BCUT2D eigenvalue weighted by molar-refractivity contribution is 6.05. The molecule has 28 heavy (non-hydrogen) atoms. The Bertz CT molecular complexity index is 993. The fourth-order valence-electron chi connectivity index (χ4n) is 2.63. The van der Waals surface area contributed by atoms with Crippen molar-refractivity contribution < 1.29 is 28.3 Å². The molecular weight excluding hydrogens is 362 g/mol. The van der Waals surface area contributed by atoms with Crippen LogP contribution in [-0.2, 0) is 20.9 Å². The van der Waals surface area contributed by atoms with Crippen molar-refractivity contribution in [2.75, 3.05) is 13.2 Å². The molecule has 7 heteroatoms. The molecule has 0 bridgehead atoms. The molecule has 0 saturated carbocycles. The van der Waals surface area contributed by atoms with E-state index in [-0.39, 0.29) is 12.4 Å². The molecule has 1 N–H and O–H groups in total. The first kappa shape index (κ1) is 19.3. The summed E-state index contributed by atoms with van der Waals surface area (Å²) in [5.74, 6) is -2.11. The molecule has 3 rings (SSSR count). The first-order chi connectivity index (χ1) is 13.6. The Kier molecular flexibility index (Phi) is 6.18. The molecule has 144 valence electrons. The summed E-state index contributed by atoms with van der Waals surface area (Å²) >= 11 is 0. The maximum atomic E-state index is 12.4. The van der Waals surface area contributed by atoms with Gasteiger partial charge in [0.25, 0.3) is 11.8 Å². The van der Waals surface area contributed by atoms with E-state index in [1.54, 1.807) is 42.5 Å². The average Bonchev–Trinajstić information content (AvgIpc) is 3.09. The lowest BCUT2D eigenvalue weighted by atomic mass is 10.1. The van der Waals surface area contributed by atoms with E-state index >= 15 is 0 Å². The lowest BCUT2D eigenvalue weighted by molar-refractivity contribution is -0.123. The largest absolute Gasteiger partial charge is 0.450 e. The van der Waals surface area contributed by atoms with E-state index in [1.165, 1.54) is 0 Å². The van der Waals surface area contributed by atoms with Crippen LogP contribution in [0.4, 0.5) is 0 Å². The highest BCUT2D eigenvalue weighted by Crippen LogP contribution is 2.27. The van der Waals surface area contributed by atoms with E-state index in [9.17, 15) is 14.4 Å². The van der Waals surface area contributed by atoms with Crippen molar-refractivity contribution in [1.29, 1.82) is 0 Å². The van der Waals surface area contributed by atoms with Gasteiger partial charge in [-0.15, -0.1) is 0 Å². The SMILES string of the molecule is CCOCc1c(C(=O)OCC(=O)NC(=O)c2ccccc2)oc2ccccc12. The fraction of sp³-hybridized carbons (Fsp3) is 0.190. The summed E-state index contributed by atoms with van der Waals surface area (Å²) in [4.78, 5) is 36.3. The van der Waals surface area contributed by atoms with Gasteiger partial charge in [0.15, 0.2) is 6.61 Å². The topological polar surface area (TPSA) is 94.8 Å². The van der Waals surface area contributed by atoms with Gasteiger partial charge in [-0.3, -0.25) is 14.9 Å². The molecule has 0 aliphatic carbocycles. The molecule has 1 heterocycles. The minimum absolute atomic E-state index is 0.0168. The number of ether oxygens (including phenoxy) is 2. The number of esters is 1. The summed E-state index contributed by atoms with van der Waals surface area (Å²) in [6, 6.07) is 15.4. The lowest BCUT2D eigenvalue weighted by Gasteiger charge is -2.06. The molecule has 0 aliphatic rings. The van der Waals surface area contributed by atoms with Crippen LogP contribution in [-0.4, -0.2) is 31.0 Å². The lowest BCUT2D eigenvalue weighted by Crippen LogP contribution is -2.34. The van der Waals surface area contributed by atoms with Gasteiger partial charge >= 0.3 is 5.97 Å². The standard InChI is InChI=1S/C21H19NO6/c1-2-26-12-16-15-10-6-7-11-17(15)28-19(16)21(25)27-13-18(23)22-20(24)14-8-4-3-5-9-14/h3-11H,2,12-13H2,1H3,(H,22,23,24). The highest BCUT2D eigenvalue weighted by atomic mass is 16.5. The van der Waals surface area contributed by atoms with Gasteiger partial charge in [0.1, 0.15) is 5.58 Å². The highest BCUT2D eigenvalue weighted by Gasteiger charge is 2.23. The Hall–Kier alpha value is -3.45. The molecule has 0 radical (unpaired) electrons. The second-order valence-electron chi connectivity index (χ2n) is 5.86. The number of rotatable bonds is 7. The van der Waals surface area contributed by atoms with Gasteiger partial charge in [0.05, 0.1) is 6.61 Å². The number of hydrogen-bond acceptors (Lipinski definition) is 6. The molecule has 7 nitrogen and oxygen atoms in total. The van der Waals surface area contributed by atoms with Crippen LogP contribution in [0.15, 0.2) is 59.0 Å². The molecule has 0 atom stereocenters. The van der Waals surface area contributed by atoms with Crippen LogP contribution in [0.1, 0.15) is 33.4 Å². The zero-order valence-corrected chi connectivity index (χ0v) is 15.3. The van der Waals surface area contributed by atoms with Gasteiger partial charge in [0, 0.05) is 23.1 Å². The quantitative estimate of drug-likeness (QED) is 0.632. The summed E-state index contributed by atoms with van der Waals surface area (Å²) in [7, 11) is 0. The van der Waals surface area contributed by atoms with Crippen molar-refractivity contribution in [3.8, 4) is 0 Å². The minimum atomic E-state index is -0.798. The van der Waals surface area contributed by atoms with Crippen LogP contribution in [0.2, 0.25) is 0 Å². The smallest absolute Gasteiger partial charge is 0.375 e. The molecule has 3 aromatic rings. The Labute approximate surface area is 161 Å². The number of para-hydroxylation sites is 1. The first-order valence-electron chi connectivity index (χ1n) is 8.74. The summed E-state index contributed by atoms with van der Waals surface area (Å²) < 4.78 is 16.0. The third-order valence-corrected chi connectivity index (χ3v) is 3.96. The Morgan fingerprint density at radius 3 is 2.46 bits per heavy atom.